The second-order valence-corrected chi connectivity index (χ2v) is 6.31. The first-order chi connectivity index (χ1) is 13.2. The predicted octanol–water partition coefficient (Wildman–Crippen LogP) is 4.44. The molecule has 146 valence electrons. The number of pyridine rings is 1. The van der Waals surface area contributed by atoms with E-state index in [1.165, 1.54) is 0 Å². The first kappa shape index (κ1) is 20.7. The van der Waals surface area contributed by atoms with E-state index in [2.05, 4.69) is 34.3 Å². The molecule has 0 spiro atoms. The lowest BCUT2D eigenvalue weighted by Gasteiger charge is -2.26. The Hall–Kier alpha value is -2.60. The summed E-state index contributed by atoms with van der Waals surface area (Å²) in [6, 6.07) is 9.80. The molecule has 1 aromatic carbocycles. The van der Waals surface area contributed by atoms with Crippen LogP contribution >= 0.6 is 0 Å². The normalized spacial score (nSPS) is 11.9. The molecule has 0 saturated heterocycles. The summed E-state index contributed by atoms with van der Waals surface area (Å²) >= 11 is 0. The Balaban J connectivity index is 0.00000126. The molecule has 5 N–H and O–H groups in total. The van der Waals surface area contributed by atoms with E-state index in [1.807, 2.05) is 44.2 Å². The number of benzene rings is 1. The van der Waals surface area contributed by atoms with Gasteiger partial charge in [-0.25, -0.2) is 4.98 Å². The molecule has 3 aromatic rings. The maximum absolute atomic E-state index is 9.81. The molecule has 1 atom stereocenters. The van der Waals surface area contributed by atoms with Crippen LogP contribution in [0.2, 0.25) is 0 Å². The SMILES string of the molecule is CC.CCC(CC)C(CO)Nc1cc(N)nc2cc(-c3ccn[nH]3)ccc12. The van der Waals surface area contributed by atoms with Crippen molar-refractivity contribution in [2.45, 2.75) is 46.6 Å². The lowest BCUT2D eigenvalue weighted by atomic mass is 9.94. The number of nitrogens with one attached hydrogen (secondary N) is 2. The van der Waals surface area contributed by atoms with E-state index in [-0.39, 0.29) is 12.6 Å². The van der Waals surface area contributed by atoms with E-state index in [0.29, 0.717) is 11.7 Å². The quantitative estimate of drug-likeness (QED) is 0.493. The second kappa shape index (κ2) is 9.92. The summed E-state index contributed by atoms with van der Waals surface area (Å²) in [6.07, 6.45) is 3.75. The Morgan fingerprint density at radius 2 is 1.89 bits per heavy atom. The van der Waals surface area contributed by atoms with Gasteiger partial charge in [0.1, 0.15) is 5.82 Å². The van der Waals surface area contributed by atoms with Gasteiger partial charge in [0.05, 0.1) is 23.9 Å². The number of fused-ring (bicyclic) bond motifs is 1. The number of hydrogen-bond acceptors (Lipinski definition) is 5. The van der Waals surface area contributed by atoms with Gasteiger partial charge in [-0.05, 0) is 18.1 Å². The Bertz CT molecular complexity index is 828. The molecule has 0 amide bonds. The number of aromatic nitrogens is 3. The fourth-order valence-corrected chi connectivity index (χ4v) is 3.32. The predicted molar refractivity (Wildman–Crippen MR) is 114 cm³/mol. The van der Waals surface area contributed by atoms with Gasteiger partial charge in [-0.15, -0.1) is 0 Å². The molecule has 6 heteroatoms. The molecule has 3 rings (SSSR count). The van der Waals surface area contributed by atoms with Gasteiger partial charge in [-0.3, -0.25) is 5.10 Å². The smallest absolute Gasteiger partial charge is 0.126 e. The molecule has 2 aromatic heterocycles. The third kappa shape index (κ3) is 4.77. The van der Waals surface area contributed by atoms with Crippen LogP contribution in [0.4, 0.5) is 11.5 Å². The molecule has 0 bridgehead atoms. The Morgan fingerprint density at radius 3 is 2.48 bits per heavy atom. The number of aliphatic hydroxyl groups excluding tert-OH is 1. The molecule has 6 nitrogen and oxygen atoms in total. The Labute approximate surface area is 161 Å². The Kier molecular flexibility index (Phi) is 7.61. The molecule has 0 aliphatic rings. The summed E-state index contributed by atoms with van der Waals surface area (Å²) in [5.41, 5.74) is 9.68. The molecule has 27 heavy (non-hydrogen) atoms. The highest BCUT2D eigenvalue weighted by atomic mass is 16.3. The fourth-order valence-electron chi connectivity index (χ4n) is 3.32. The number of hydrogen-bond donors (Lipinski definition) is 4. The molecule has 0 radical (unpaired) electrons. The van der Waals surface area contributed by atoms with Gasteiger partial charge in [0.2, 0.25) is 0 Å². The van der Waals surface area contributed by atoms with Crippen molar-refractivity contribution in [3.8, 4) is 11.3 Å². The number of nitrogens with two attached hydrogens (primary N) is 1. The number of aromatic amines is 1. The number of nitrogen functional groups attached to an aromatic ring is 1. The van der Waals surface area contributed by atoms with Crippen molar-refractivity contribution in [1.82, 2.24) is 15.2 Å². The van der Waals surface area contributed by atoms with Crippen LogP contribution in [0.25, 0.3) is 22.2 Å². The maximum Gasteiger partial charge on any atom is 0.126 e. The number of H-pyrrole nitrogens is 1. The maximum atomic E-state index is 9.81. The highest BCUT2D eigenvalue weighted by Gasteiger charge is 2.19. The molecule has 0 aliphatic heterocycles. The van der Waals surface area contributed by atoms with Crippen molar-refractivity contribution < 1.29 is 5.11 Å². The summed E-state index contributed by atoms with van der Waals surface area (Å²) in [7, 11) is 0. The number of aliphatic hydroxyl groups is 1. The lowest BCUT2D eigenvalue weighted by molar-refractivity contribution is 0.231. The highest BCUT2D eigenvalue weighted by Crippen LogP contribution is 2.30. The van der Waals surface area contributed by atoms with Crippen LogP contribution in [0.15, 0.2) is 36.5 Å². The molecule has 0 fully saturated rings. The van der Waals surface area contributed by atoms with Crippen molar-refractivity contribution in [1.29, 1.82) is 0 Å². The third-order valence-electron chi connectivity index (χ3n) is 4.80. The van der Waals surface area contributed by atoms with Gasteiger partial charge in [0, 0.05) is 28.9 Å². The van der Waals surface area contributed by atoms with Crippen LogP contribution in [0.1, 0.15) is 40.5 Å². The van der Waals surface area contributed by atoms with Crippen molar-refractivity contribution in [3.05, 3.63) is 36.5 Å². The standard InChI is InChI=1S/C19H25N5O.C2H6/c1-3-12(4-2)18(11-25)22-17-10-19(20)23-16-9-13(5-6-14(16)17)15-7-8-21-24-15;1-2/h5-10,12,18,25H,3-4,11H2,1-2H3,(H,21,24)(H3,20,22,23);1-2H3. The summed E-state index contributed by atoms with van der Waals surface area (Å²) in [5, 5.41) is 21.2. The van der Waals surface area contributed by atoms with E-state index in [0.717, 1.165) is 40.7 Å². The van der Waals surface area contributed by atoms with E-state index >= 15 is 0 Å². The van der Waals surface area contributed by atoms with Crippen molar-refractivity contribution in [2.75, 3.05) is 17.7 Å². The summed E-state index contributed by atoms with van der Waals surface area (Å²) in [6.45, 7) is 8.38. The number of nitrogens with zero attached hydrogens (tertiary/aromatic N) is 2. The van der Waals surface area contributed by atoms with Crippen LogP contribution in [0.3, 0.4) is 0 Å². The lowest BCUT2D eigenvalue weighted by Crippen LogP contribution is -2.32. The number of anilines is 2. The number of rotatable bonds is 7. The van der Waals surface area contributed by atoms with Gasteiger partial charge >= 0.3 is 0 Å². The van der Waals surface area contributed by atoms with E-state index in [9.17, 15) is 5.11 Å². The van der Waals surface area contributed by atoms with Crippen LogP contribution < -0.4 is 11.1 Å². The van der Waals surface area contributed by atoms with Crippen molar-refractivity contribution in [2.24, 2.45) is 5.92 Å². The minimum absolute atomic E-state index is 0.00714. The first-order valence-corrected chi connectivity index (χ1v) is 9.73. The summed E-state index contributed by atoms with van der Waals surface area (Å²) < 4.78 is 0. The molecule has 0 aliphatic carbocycles. The molecule has 2 heterocycles. The zero-order chi connectivity index (χ0) is 19.8. The van der Waals surface area contributed by atoms with Crippen LogP contribution in [-0.2, 0) is 0 Å². The zero-order valence-electron chi connectivity index (χ0n) is 16.7. The van der Waals surface area contributed by atoms with Crippen molar-refractivity contribution >= 4 is 22.4 Å². The summed E-state index contributed by atoms with van der Waals surface area (Å²) in [4.78, 5) is 4.47. The Morgan fingerprint density at radius 1 is 1.15 bits per heavy atom. The third-order valence-corrected chi connectivity index (χ3v) is 4.80. The minimum Gasteiger partial charge on any atom is -0.394 e. The van der Waals surface area contributed by atoms with Gasteiger partial charge < -0.3 is 16.2 Å². The average molecular weight is 370 g/mol. The monoisotopic (exact) mass is 369 g/mol. The van der Waals surface area contributed by atoms with Gasteiger partial charge in [-0.1, -0.05) is 52.7 Å². The first-order valence-electron chi connectivity index (χ1n) is 9.73. The molecular formula is C21H31N5O. The second-order valence-electron chi connectivity index (χ2n) is 6.31. The fraction of sp³-hybridized carbons (Fsp3) is 0.429. The largest absolute Gasteiger partial charge is 0.394 e. The molecular weight excluding hydrogens is 338 g/mol. The van der Waals surface area contributed by atoms with Crippen LogP contribution in [-0.4, -0.2) is 32.9 Å². The topological polar surface area (TPSA) is 99.8 Å². The van der Waals surface area contributed by atoms with E-state index < -0.39 is 0 Å². The molecule has 1 unspecified atom stereocenters. The van der Waals surface area contributed by atoms with E-state index in [1.54, 1.807) is 6.20 Å². The van der Waals surface area contributed by atoms with Crippen LogP contribution in [0.5, 0.6) is 0 Å². The van der Waals surface area contributed by atoms with E-state index in [4.69, 9.17) is 5.73 Å². The summed E-state index contributed by atoms with van der Waals surface area (Å²) in [5.74, 6) is 0.858. The van der Waals surface area contributed by atoms with Crippen LogP contribution in [0, 0.1) is 5.92 Å². The average Bonchev–Trinajstić information content (AvgIpc) is 3.23. The molecule has 0 saturated carbocycles. The van der Waals surface area contributed by atoms with Gasteiger partial charge in [0.25, 0.3) is 0 Å². The van der Waals surface area contributed by atoms with Gasteiger partial charge in [-0.2, -0.15) is 5.10 Å². The minimum atomic E-state index is -0.00714. The van der Waals surface area contributed by atoms with Gasteiger partial charge in [0.15, 0.2) is 0 Å². The highest BCUT2D eigenvalue weighted by molar-refractivity contribution is 5.95. The zero-order valence-corrected chi connectivity index (χ0v) is 16.7. The van der Waals surface area contributed by atoms with Crippen molar-refractivity contribution in [3.63, 3.8) is 0 Å².